The maximum atomic E-state index is 5.48. The van der Waals surface area contributed by atoms with Crippen LogP contribution in [0.4, 0.5) is 0 Å². The second-order valence-electron chi connectivity index (χ2n) is 17.0. The number of para-hydroxylation sites is 8. The SMILES string of the molecule is c1ccc(-c2cccc(S(c3ccccc3)(c3ccccc3)c3cccc(-c4nc(-n5c6ccccc6n6c7ccccc7nc56)nc(-n5c6ccccc6n6c7ccccc7nc56)n4)c3)c2)cc1. The molecule has 9 aromatic carbocycles. The van der Waals surface area contributed by atoms with Crippen molar-refractivity contribution >= 4 is 65.7 Å². The monoisotopic (exact) mass is 905 g/mol. The zero-order valence-electron chi connectivity index (χ0n) is 36.9. The van der Waals surface area contributed by atoms with Crippen molar-refractivity contribution in [2.24, 2.45) is 0 Å². The standard InChI is InChI=1S/C59H39N9S/c1-4-20-40(21-5-1)41-22-18-28-45(38-41)69(43-24-6-2-7-25-43,44-26-8-3-9-27-44)46-29-19-23-42(39-46)55-62-56(67-53-36-16-14-34-51(53)65-49-32-12-10-30-47(49)60-58(65)67)64-57(63-55)68-54-37-17-15-35-52(54)66-50-33-13-11-31-48(50)61-59(66)68/h1-39H. The highest BCUT2D eigenvalue weighted by Gasteiger charge is 2.34. The second kappa shape index (κ2) is 15.5. The third kappa shape index (κ3) is 5.95. The summed E-state index contributed by atoms with van der Waals surface area (Å²) in [7, 11) is -2.13. The van der Waals surface area contributed by atoms with Crippen LogP contribution in [0.2, 0.25) is 0 Å². The van der Waals surface area contributed by atoms with E-state index in [1.54, 1.807) is 0 Å². The molecule has 0 unspecified atom stereocenters. The van der Waals surface area contributed by atoms with Crippen LogP contribution in [-0.4, -0.2) is 42.9 Å². The van der Waals surface area contributed by atoms with Crippen LogP contribution in [0, 0.1) is 0 Å². The van der Waals surface area contributed by atoms with Crippen molar-refractivity contribution in [3.63, 3.8) is 0 Å². The van der Waals surface area contributed by atoms with Gasteiger partial charge in [-0.15, -0.1) is 10.0 Å². The summed E-state index contributed by atoms with van der Waals surface area (Å²) in [5.41, 5.74) is 10.8. The van der Waals surface area contributed by atoms with Gasteiger partial charge in [0.1, 0.15) is 0 Å². The first-order valence-electron chi connectivity index (χ1n) is 22.9. The van der Waals surface area contributed by atoms with E-state index in [9.17, 15) is 0 Å². The van der Waals surface area contributed by atoms with Crippen molar-refractivity contribution in [1.82, 2.24) is 42.9 Å². The number of fused-ring (bicyclic) bond motifs is 10. The molecule has 14 aromatic rings. The third-order valence-corrected chi connectivity index (χ3v) is 17.0. The molecule has 0 spiro atoms. The number of aromatic nitrogens is 9. The first-order chi connectivity index (χ1) is 34.2. The molecule has 0 amide bonds. The van der Waals surface area contributed by atoms with Gasteiger partial charge in [0.15, 0.2) is 5.82 Å². The van der Waals surface area contributed by atoms with Crippen molar-refractivity contribution < 1.29 is 0 Å². The second-order valence-corrected chi connectivity index (χ2v) is 20.1. The molecule has 0 fully saturated rings. The highest BCUT2D eigenvalue weighted by molar-refractivity contribution is 8.34. The highest BCUT2D eigenvalue weighted by Crippen LogP contribution is 2.73. The topological polar surface area (TPSA) is 83.1 Å². The summed E-state index contributed by atoms with van der Waals surface area (Å²) in [4.78, 5) is 31.7. The predicted octanol–water partition coefficient (Wildman–Crippen LogP) is 14.0. The Balaban J connectivity index is 1.07. The fraction of sp³-hybridized carbons (Fsp3) is 0. The lowest BCUT2D eigenvalue weighted by Gasteiger charge is -2.42. The smallest absolute Gasteiger partial charge is 0.242 e. The molecule has 5 heterocycles. The van der Waals surface area contributed by atoms with E-state index >= 15 is 0 Å². The fourth-order valence-corrected chi connectivity index (χ4v) is 14.1. The number of benzene rings is 9. The van der Waals surface area contributed by atoms with Gasteiger partial charge in [-0.2, -0.15) is 15.0 Å². The first kappa shape index (κ1) is 39.1. The minimum atomic E-state index is -2.13. The number of imidazole rings is 4. The number of nitrogens with zero attached hydrogens (tertiary/aromatic N) is 9. The molecule has 10 heteroatoms. The average molecular weight is 906 g/mol. The van der Waals surface area contributed by atoms with Crippen LogP contribution >= 0.6 is 10.0 Å². The predicted molar refractivity (Wildman–Crippen MR) is 277 cm³/mol. The van der Waals surface area contributed by atoms with Gasteiger partial charge in [-0.05, 0) is 108 Å². The van der Waals surface area contributed by atoms with Gasteiger partial charge in [-0.25, -0.2) is 19.1 Å². The van der Waals surface area contributed by atoms with Crippen LogP contribution in [-0.2, 0) is 0 Å². The zero-order valence-corrected chi connectivity index (χ0v) is 37.8. The molecule has 0 aliphatic carbocycles. The van der Waals surface area contributed by atoms with Gasteiger partial charge >= 0.3 is 0 Å². The van der Waals surface area contributed by atoms with Crippen LogP contribution < -0.4 is 0 Å². The summed E-state index contributed by atoms with van der Waals surface area (Å²) < 4.78 is 8.52. The Morgan fingerprint density at radius 1 is 0.275 bits per heavy atom. The molecule has 0 atom stereocenters. The summed E-state index contributed by atoms with van der Waals surface area (Å²) >= 11 is 0. The van der Waals surface area contributed by atoms with Crippen LogP contribution in [0.5, 0.6) is 0 Å². The molecule has 0 N–H and O–H groups in total. The molecule has 69 heavy (non-hydrogen) atoms. The Morgan fingerprint density at radius 3 is 1.16 bits per heavy atom. The summed E-state index contributed by atoms with van der Waals surface area (Å²) in [6, 6.07) is 83.6. The average Bonchev–Trinajstić information content (AvgIpc) is 4.17. The minimum Gasteiger partial charge on any atom is -0.276 e. The number of rotatable bonds is 8. The third-order valence-electron chi connectivity index (χ3n) is 13.2. The first-order valence-corrected chi connectivity index (χ1v) is 24.6. The van der Waals surface area contributed by atoms with Crippen molar-refractivity contribution in [2.75, 3.05) is 0 Å². The fourth-order valence-electron chi connectivity index (χ4n) is 10.2. The summed E-state index contributed by atoms with van der Waals surface area (Å²) in [5.74, 6) is 2.81. The van der Waals surface area contributed by atoms with E-state index in [1.807, 2.05) is 36.4 Å². The van der Waals surface area contributed by atoms with Crippen LogP contribution in [0.15, 0.2) is 256 Å². The Labute approximate surface area is 397 Å². The highest BCUT2D eigenvalue weighted by atomic mass is 32.3. The van der Waals surface area contributed by atoms with Gasteiger partial charge in [0.2, 0.25) is 23.5 Å². The maximum absolute atomic E-state index is 5.48. The van der Waals surface area contributed by atoms with Gasteiger partial charge in [-0.3, -0.25) is 8.80 Å². The minimum absolute atomic E-state index is 0.439. The van der Waals surface area contributed by atoms with E-state index in [1.165, 1.54) is 20.2 Å². The molecular formula is C59H39N9S. The Kier molecular flexibility index (Phi) is 8.77. The molecule has 0 saturated carbocycles. The van der Waals surface area contributed by atoms with Gasteiger partial charge in [0.25, 0.3) is 0 Å². The van der Waals surface area contributed by atoms with Gasteiger partial charge < -0.3 is 0 Å². The van der Waals surface area contributed by atoms with Crippen molar-refractivity contribution in [1.29, 1.82) is 0 Å². The number of hydrogen-bond acceptors (Lipinski definition) is 5. The molecule has 5 aromatic heterocycles. The number of hydrogen-bond donors (Lipinski definition) is 0. The van der Waals surface area contributed by atoms with E-state index in [0.717, 1.165) is 60.2 Å². The molecule has 0 aliphatic heterocycles. The van der Waals surface area contributed by atoms with Crippen LogP contribution in [0.25, 0.3) is 90.1 Å². The molecule has 9 nitrogen and oxygen atoms in total. The molecule has 14 rings (SSSR count). The summed E-state index contributed by atoms with van der Waals surface area (Å²) in [5, 5.41) is 0. The van der Waals surface area contributed by atoms with Gasteiger partial charge in [-0.1, -0.05) is 140 Å². The Bertz CT molecular complexity index is 4060. The van der Waals surface area contributed by atoms with E-state index < -0.39 is 10.0 Å². The largest absolute Gasteiger partial charge is 0.276 e. The zero-order chi connectivity index (χ0) is 45.5. The molecule has 0 radical (unpaired) electrons. The van der Waals surface area contributed by atoms with Crippen LogP contribution in [0.3, 0.4) is 0 Å². The molecular weight excluding hydrogens is 867 g/mol. The van der Waals surface area contributed by atoms with E-state index in [2.05, 4.69) is 218 Å². The lowest BCUT2D eigenvalue weighted by molar-refractivity contribution is 0.877. The van der Waals surface area contributed by atoms with Gasteiger partial charge in [0, 0.05) is 25.1 Å². The van der Waals surface area contributed by atoms with E-state index in [0.29, 0.717) is 29.3 Å². The lowest BCUT2D eigenvalue weighted by atomic mass is 10.1. The summed E-state index contributed by atoms with van der Waals surface area (Å²) in [6.45, 7) is 0. The van der Waals surface area contributed by atoms with Gasteiger partial charge in [0.05, 0.1) is 44.1 Å². The van der Waals surface area contributed by atoms with Crippen molar-refractivity contribution in [2.45, 2.75) is 19.6 Å². The van der Waals surface area contributed by atoms with Crippen LogP contribution in [0.1, 0.15) is 0 Å². The van der Waals surface area contributed by atoms with E-state index in [-0.39, 0.29) is 0 Å². The normalized spacial score (nSPS) is 12.3. The molecule has 0 aliphatic rings. The van der Waals surface area contributed by atoms with Crippen molar-refractivity contribution in [3.8, 4) is 34.4 Å². The maximum Gasteiger partial charge on any atom is 0.242 e. The molecule has 0 bridgehead atoms. The lowest BCUT2D eigenvalue weighted by Crippen LogP contribution is -2.11. The van der Waals surface area contributed by atoms with E-state index in [4.69, 9.17) is 24.9 Å². The molecule has 326 valence electrons. The quantitative estimate of drug-likeness (QED) is 0.152. The Morgan fingerprint density at radius 2 is 0.652 bits per heavy atom. The summed E-state index contributed by atoms with van der Waals surface area (Å²) in [6.07, 6.45) is 0. The Hall–Kier alpha value is -9.12. The molecule has 0 saturated heterocycles. The van der Waals surface area contributed by atoms with Crippen molar-refractivity contribution in [3.05, 3.63) is 237 Å².